The van der Waals surface area contributed by atoms with Crippen LogP contribution in [0.4, 0.5) is 0 Å². The largest absolute Gasteiger partial charge is 0.497 e. The van der Waals surface area contributed by atoms with Crippen LogP contribution in [0, 0.1) is 0 Å². The monoisotopic (exact) mass is 394 g/mol. The highest BCUT2D eigenvalue weighted by Gasteiger charge is 2.22. The first-order chi connectivity index (χ1) is 14.1. The Labute approximate surface area is 171 Å². The van der Waals surface area contributed by atoms with Gasteiger partial charge >= 0.3 is 0 Å². The van der Waals surface area contributed by atoms with Gasteiger partial charge in [0.2, 0.25) is 5.75 Å². The zero-order chi connectivity index (χ0) is 20.8. The van der Waals surface area contributed by atoms with Gasteiger partial charge in [0.1, 0.15) is 11.5 Å². The van der Waals surface area contributed by atoms with Gasteiger partial charge < -0.3 is 23.7 Å². The van der Waals surface area contributed by atoms with Crippen molar-refractivity contribution in [3.63, 3.8) is 0 Å². The molecule has 3 aromatic rings. The first-order valence-electron chi connectivity index (χ1n) is 9.23. The Bertz CT molecular complexity index is 860. The number of methoxy groups -OCH3 is 5. The van der Waals surface area contributed by atoms with E-state index in [0.29, 0.717) is 17.2 Å². The number of ether oxygens (including phenoxy) is 5. The molecule has 3 rings (SSSR count). The van der Waals surface area contributed by atoms with Crippen molar-refractivity contribution >= 4 is 0 Å². The van der Waals surface area contributed by atoms with E-state index in [2.05, 4.69) is 24.3 Å². The van der Waals surface area contributed by atoms with Crippen LogP contribution >= 0.6 is 0 Å². The minimum absolute atomic E-state index is 0.0412. The molecule has 0 radical (unpaired) electrons. The molecule has 0 heterocycles. The van der Waals surface area contributed by atoms with Crippen LogP contribution in [0.1, 0.15) is 22.6 Å². The number of benzene rings is 3. The lowest BCUT2D eigenvalue weighted by Gasteiger charge is -2.22. The summed E-state index contributed by atoms with van der Waals surface area (Å²) in [4.78, 5) is 0. The van der Waals surface area contributed by atoms with E-state index >= 15 is 0 Å². The molecule has 0 unspecified atom stereocenters. The normalized spacial score (nSPS) is 10.6. The molecule has 0 spiro atoms. The van der Waals surface area contributed by atoms with Gasteiger partial charge in [-0.3, -0.25) is 0 Å². The SMILES string of the molecule is COc1ccc(C(c2ccc(OC)cc2)c2cc(OC)c(OC)c(OC)c2)cc1. The summed E-state index contributed by atoms with van der Waals surface area (Å²) in [5.41, 5.74) is 3.25. The Hall–Kier alpha value is -3.34. The second-order valence-electron chi connectivity index (χ2n) is 6.44. The molecule has 0 aliphatic heterocycles. The van der Waals surface area contributed by atoms with Gasteiger partial charge in [0.25, 0.3) is 0 Å². The highest BCUT2D eigenvalue weighted by molar-refractivity contribution is 5.57. The maximum absolute atomic E-state index is 5.57. The molecule has 0 aliphatic rings. The molecule has 0 bridgehead atoms. The van der Waals surface area contributed by atoms with E-state index in [0.717, 1.165) is 28.2 Å². The van der Waals surface area contributed by atoms with Gasteiger partial charge in [-0.2, -0.15) is 0 Å². The standard InChI is InChI=1S/C24H26O5/c1-25-19-10-6-16(7-11-19)23(17-8-12-20(26-2)13-9-17)18-14-21(27-3)24(29-5)22(15-18)28-4/h6-15,23H,1-5H3. The molecule has 0 N–H and O–H groups in total. The molecule has 3 aromatic carbocycles. The maximum atomic E-state index is 5.57. The molecule has 5 nitrogen and oxygen atoms in total. The van der Waals surface area contributed by atoms with Crippen molar-refractivity contribution in [3.8, 4) is 28.7 Å². The molecular weight excluding hydrogens is 368 g/mol. The molecular formula is C24H26O5. The summed E-state index contributed by atoms with van der Waals surface area (Å²) in [6, 6.07) is 20.1. The zero-order valence-electron chi connectivity index (χ0n) is 17.4. The van der Waals surface area contributed by atoms with Gasteiger partial charge in [-0.1, -0.05) is 24.3 Å². The van der Waals surface area contributed by atoms with Crippen molar-refractivity contribution in [2.75, 3.05) is 35.5 Å². The lowest BCUT2D eigenvalue weighted by Crippen LogP contribution is -2.06. The molecule has 152 valence electrons. The smallest absolute Gasteiger partial charge is 0.203 e. The number of rotatable bonds is 8. The van der Waals surface area contributed by atoms with Crippen LogP contribution in [0.2, 0.25) is 0 Å². The molecule has 0 amide bonds. The van der Waals surface area contributed by atoms with Crippen molar-refractivity contribution in [1.82, 2.24) is 0 Å². The molecule has 0 saturated carbocycles. The van der Waals surface area contributed by atoms with Crippen molar-refractivity contribution in [2.45, 2.75) is 5.92 Å². The molecule has 5 heteroatoms. The summed E-state index contributed by atoms with van der Waals surface area (Å²) in [7, 11) is 8.17. The van der Waals surface area contributed by atoms with E-state index in [1.54, 1.807) is 35.5 Å². The van der Waals surface area contributed by atoms with Gasteiger partial charge in [-0.25, -0.2) is 0 Å². The van der Waals surface area contributed by atoms with Crippen molar-refractivity contribution < 1.29 is 23.7 Å². The Morgan fingerprint density at radius 1 is 0.483 bits per heavy atom. The summed E-state index contributed by atoms with van der Waals surface area (Å²) in [6.07, 6.45) is 0. The Kier molecular flexibility index (Phi) is 6.50. The fourth-order valence-electron chi connectivity index (χ4n) is 3.44. The quantitative estimate of drug-likeness (QED) is 0.508. The molecule has 0 fully saturated rings. The summed E-state index contributed by atoms with van der Waals surface area (Å²) in [5, 5.41) is 0. The van der Waals surface area contributed by atoms with E-state index in [4.69, 9.17) is 23.7 Å². The average molecular weight is 394 g/mol. The van der Waals surface area contributed by atoms with Crippen molar-refractivity contribution in [3.05, 3.63) is 77.4 Å². The fourth-order valence-corrected chi connectivity index (χ4v) is 3.44. The van der Waals surface area contributed by atoms with E-state index in [1.165, 1.54) is 0 Å². The van der Waals surface area contributed by atoms with Crippen LogP contribution in [0.25, 0.3) is 0 Å². The third-order valence-corrected chi connectivity index (χ3v) is 4.92. The predicted octanol–water partition coefficient (Wildman–Crippen LogP) is 4.91. The van der Waals surface area contributed by atoms with E-state index < -0.39 is 0 Å². The molecule has 0 aromatic heterocycles. The van der Waals surface area contributed by atoms with Crippen LogP contribution in [-0.2, 0) is 0 Å². The van der Waals surface area contributed by atoms with Crippen LogP contribution < -0.4 is 23.7 Å². The zero-order valence-corrected chi connectivity index (χ0v) is 17.4. The van der Waals surface area contributed by atoms with E-state index in [1.807, 2.05) is 36.4 Å². The molecule has 0 atom stereocenters. The van der Waals surface area contributed by atoms with Gasteiger partial charge in [0.05, 0.1) is 35.5 Å². The van der Waals surface area contributed by atoms with E-state index in [-0.39, 0.29) is 5.92 Å². The van der Waals surface area contributed by atoms with Crippen LogP contribution in [0.5, 0.6) is 28.7 Å². The molecule has 29 heavy (non-hydrogen) atoms. The first-order valence-corrected chi connectivity index (χ1v) is 9.23. The Morgan fingerprint density at radius 3 is 1.21 bits per heavy atom. The summed E-state index contributed by atoms with van der Waals surface area (Å²) in [5.74, 6) is 3.39. The third-order valence-electron chi connectivity index (χ3n) is 4.92. The van der Waals surface area contributed by atoms with Crippen molar-refractivity contribution in [1.29, 1.82) is 0 Å². The summed E-state index contributed by atoms with van der Waals surface area (Å²) >= 11 is 0. The second-order valence-corrected chi connectivity index (χ2v) is 6.44. The second kappa shape index (κ2) is 9.24. The first kappa shape index (κ1) is 20.4. The summed E-state index contributed by atoms with van der Waals surface area (Å²) < 4.78 is 27.3. The van der Waals surface area contributed by atoms with Crippen molar-refractivity contribution in [2.24, 2.45) is 0 Å². The fraction of sp³-hybridized carbons (Fsp3) is 0.250. The molecule has 0 saturated heterocycles. The summed E-state index contributed by atoms with van der Waals surface area (Å²) in [6.45, 7) is 0. The van der Waals surface area contributed by atoms with Crippen LogP contribution in [0.15, 0.2) is 60.7 Å². The number of hydrogen-bond donors (Lipinski definition) is 0. The Balaban J connectivity index is 2.18. The predicted molar refractivity (Wildman–Crippen MR) is 113 cm³/mol. The minimum atomic E-state index is -0.0412. The van der Waals surface area contributed by atoms with Gasteiger partial charge in [0.15, 0.2) is 11.5 Å². The average Bonchev–Trinajstić information content (AvgIpc) is 2.79. The number of hydrogen-bond acceptors (Lipinski definition) is 5. The minimum Gasteiger partial charge on any atom is -0.497 e. The Morgan fingerprint density at radius 2 is 0.897 bits per heavy atom. The van der Waals surface area contributed by atoms with Crippen LogP contribution in [-0.4, -0.2) is 35.5 Å². The van der Waals surface area contributed by atoms with Gasteiger partial charge in [-0.05, 0) is 53.1 Å². The maximum Gasteiger partial charge on any atom is 0.203 e. The third kappa shape index (κ3) is 4.24. The van der Waals surface area contributed by atoms with Gasteiger partial charge in [0, 0.05) is 5.92 Å². The van der Waals surface area contributed by atoms with Crippen LogP contribution in [0.3, 0.4) is 0 Å². The highest BCUT2D eigenvalue weighted by atomic mass is 16.5. The molecule has 0 aliphatic carbocycles. The highest BCUT2D eigenvalue weighted by Crippen LogP contribution is 2.43. The van der Waals surface area contributed by atoms with Gasteiger partial charge in [-0.15, -0.1) is 0 Å². The topological polar surface area (TPSA) is 46.2 Å². The lowest BCUT2D eigenvalue weighted by molar-refractivity contribution is 0.323. The lowest BCUT2D eigenvalue weighted by atomic mass is 9.84. The van der Waals surface area contributed by atoms with E-state index in [9.17, 15) is 0 Å².